The molecule has 0 saturated heterocycles. The van der Waals surface area contributed by atoms with Crippen molar-refractivity contribution >= 4 is 11.9 Å². The van der Waals surface area contributed by atoms with Crippen LogP contribution in [-0.4, -0.2) is 25.2 Å². The van der Waals surface area contributed by atoms with E-state index in [1.807, 2.05) is 13.8 Å². The Morgan fingerprint density at radius 1 is 0.900 bits per heavy atom. The van der Waals surface area contributed by atoms with Crippen LogP contribution in [0, 0.1) is 17.3 Å². The van der Waals surface area contributed by atoms with Gasteiger partial charge in [-0.2, -0.15) is 0 Å². The van der Waals surface area contributed by atoms with Crippen LogP contribution in [-0.2, 0) is 19.1 Å². The summed E-state index contributed by atoms with van der Waals surface area (Å²) in [4.78, 5) is 22.9. The van der Waals surface area contributed by atoms with Crippen molar-refractivity contribution in [3.8, 4) is 0 Å². The highest BCUT2D eigenvalue weighted by molar-refractivity contribution is 5.77. The Morgan fingerprint density at radius 3 is 1.75 bits per heavy atom. The molecule has 0 amide bonds. The van der Waals surface area contributed by atoms with Gasteiger partial charge in [-0.3, -0.25) is 9.59 Å². The second-order valence-corrected chi connectivity index (χ2v) is 7.13. The quantitative estimate of drug-likeness (QED) is 0.640. The lowest BCUT2D eigenvalue weighted by molar-refractivity contribution is -0.151. The molecule has 0 aliphatic rings. The number of ether oxygens (including phenoxy) is 2. The van der Waals surface area contributed by atoms with E-state index in [1.54, 1.807) is 0 Å². The third-order valence-corrected chi connectivity index (χ3v) is 2.60. The standard InChI is InChI=1S/C16H30O4/c1-12(2)10-19-14(17)7-8-15(18)20-11-13(3)9-16(4,5)6/h12-13H,7-11H2,1-6H3. The van der Waals surface area contributed by atoms with Crippen LogP contribution in [0.25, 0.3) is 0 Å². The minimum absolute atomic E-state index is 0.0964. The van der Waals surface area contributed by atoms with Crippen molar-refractivity contribution in [2.45, 2.75) is 60.8 Å². The number of hydrogen-bond donors (Lipinski definition) is 0. The topological polar surface area (TPSA) is 52.6 Å². The normalized spacial score (nSPS) is 13.2. The molecule has 1 unspecified atom stereocenters. The summed E-state index contributed by atoms with van der Waals surface area (Å²) in [7, 11) is 0. The van der Waals surface area contributed by atoms with Crippen molar-refractivity contribution < 1.29 is 19.1 Å². The van der Waals surface area contributed by atoms with E-state index in [1.165, 1.54) is 0 Å². The first kappa shape index (κ1) is 18.9. The number of rotatable bonds is 8. The van der Waals surface area contributed by atoms with Crippen LogP contribution >= 0.6 is 0 Å². The highest BCUT2D eigenvalue weighted by Crippen LogP contribution is 2.24. The first-order valence-electron chi connectivity index (χ1n) is 7.41. The van der Waals surface area contributed by atoms with Gasteiger partial charge in [-0.05, 0) is 23.7 Å². The summed E-state index contributed by atoms with van der Waals surface area (Å²) in [5.74, 6) is -0.0263. The average molecular weight is 286 g/mol. The predicted octanol–water partition coefficient (Wildman–Crippen LogP) is 3.58. The molecule has 0 aliphatic heterocycles. The monoisotopic (exact) mass is 286 g/mol. The van der Waals surface area contributed by atoms with E-state index >= 15 is 0 Å². The van der Waals surface area contributed by atoms with Crippen molar-refractivity contribution in [1.82, 2.24) is 0 Å². The summed E-state index contributed by atoms with van der Waals surface area (Å²) in [5, 5.41) is 0. The van der Waals surface area contributed by atoms with Crippen LogP contribution in [0.4, 0.5) is 0 Å². The van der Waals surface area contributed by atoms with Gasteiger partial charge in [0.05, 0.1) is 26.1 Å². The molecule has 0 radical (unpaired) electrons. The first-order valence-corrected chi connectivity index (χ1v) is 7.41. The SMILES string of the molecule is CC(C)COC(=O)CCC(=O)OCC(C)CC(C)(C)C. The zero-order valence-corrected chi connectivity index (χ0v) is 13.8. The van der Waals surface area contributed by atoms with Gasteiger partial charge >= 0.3 is 11.9 Å². The van der Waals surface area contributed by atoms with E-state index in [0.717, 1.165) is 6.42 Å². The van der Waals surface area contributed by atoms with Gasteiger partial charge in [-0.25, -0.2) is 0 Å². The number of carbonyl (C=O) groups is 2. The fraction of sp³-hybridized carbons (Fsp3) is 0.875. The zero-order chi connectivity index (χ0) is 15.8. The highest BCUT2D eigenvalue weighted by atomic mass is 16.5. The van der Waals surface area contributed by atoms with Gasteiger partial charge in [-0.1, -0.05) is 41.5 Å². The van der Waals surface area contributed by atoms with E-state index in [2.05, 4.69) is 27.7 Å². The molecule has 0 aromatic heterocycles. The fourth-order valence-corrected chi connectivity index (χ4v) is 1.95. The average Bonchev–Trinajstić information content (AvgIpc) is 2.29. The number of carbonyl (C=O) groups excluding carboxylic acids is 2. The maximum atomic E-state index is 11.5. The van der Waals surface area contributed by atoms with Crippen molar-refractivity contribution in [3.05, 3.63) is 0 Å². The van der Waals surface area contributed by atoms with Gasteiger partial charge in [0.2, 0.25) is 0 Å². The third kappa shape index (κ3) is 12.0. The Hall–Kier alpha value is -1.06. The maximum absolute atomic E-state index is 11.5. The minimum Gasteiger partial charge on any atom is -0.465 e. The highest BCUT2D eigenvalue weighted by Gasteiger charge is 2.17. The van der Waals surface area contributed by atoms with Gasteiger partial charge in [-0.15, -0.1) is 0 Å². The van der Waals surface area contributed by atoms with E-state index in [0.29, 0.717) is 25.0 Å². The summed E-state index contributed by atoms with van der Waals surface area (Å²) >= 11 is 0. The van der Waals surface area contributed by atoms with Gasteiger partial charge in [0.25, 0.3) is 0 Å². The molecule has 0 aliphatic carbocycles. The van der Waals surface area contributed by atoms with E-state index < -0.39 is 0 Å². The molecule has 118 valence electrons. The lowest BCUT2D eigenvalue weighted by atomic mass is 9.86. The molecule has 0 aromatic rings. The molecular weight excluding hydrogens is 256 g/mol. The van der Waals surface area contributed by atoms with Gasteiger partial charge in [0, 0.05) is 0 Å². The third-order valence-electron chi connectivity index (χ3n) is 2.60. The summed E-state index contributed by atoms with van der Waals surface area (Å²) in [6, 6.07) is 0. The second kappa shape index (κ2) is 8.98. The lowest BCUT2D eigenvalue weighted by Crippen LogP contribution is -2.18. The van der Waals surface area contributed by atoms with Gasteiger partial charge in [0.15, 0.2) is 0 Å². The number of hydrogen-bond acceptors (Lipinski definition) is 4. The Labute approximate surface area is 123 Å². The molecule has 0 N–H and O–H groups in total. The van der Waals surface area contributed by atoms with E-state index in [9.17, 15) is 9.59 Å². The van der Waals surface area contributed by atoms with Crippen LogP contribution in [0.2, 0.25) is 0 Å². The largest absolute Gasteiger partial charge is 0.465 e. The van der Waals surface area contributed by atoms with Crippen LogP contribution in [0.3, 0.4) is 0 Å². The molecule has 20 heavy (non-hydrogen) atoms. The Balaban J connectivity index is 3.76. The van der Waals surface area contributed by atoms with Crippen LogP contribution in [0.5, 0.6) is 0 Å². The maximum Gasteiger partial charge on any atom is 0.306 e. The molecule has 0 heterocycles. The minimum atomic E-state index is -0.335. The van der Waals surface area contributed by atoms with Crippen LogP contribution in [0.15, 0.2) is 0 Å². The molecule has 4 nitrogen and oxygen atoms in total. The lowest BCUT2D eigenvalue weighted by Gasteiger charge is -2.22. The second-order valence-electron chi connectivity index (χ2n) is 7.13. The molecule has 0 spiro atoms. The Bertz CT molecular complexity index is 302. The van der Waals surface area contributed by atoms with Gasteiger partial charge in [0.1, 0.15) is 0 Å². The number of esters is 2. The molecule has 0 aromatic carbocycles. The summed E-state index contributed by atoms with van der Waals surface area (Å²) < 4.78 is 10.2. The summed E-state index contributed by atoms with van der Waals surface area (Å²) in [6.07, 6.45) is 1.19. The summed E-state index contributed by atoms with van der Waals surface area (Å²) in [6.45, 7) is 13.3. The van der Waals surface area contributed by atoms with Crippen molar-refractivity contribution in [3.63, 3.8) is 0 Å². The molecule has 1 atom stereocenters. The Kier molecular flexibility index (Phi) is 8.51. The summed E-state index contributed by atoms with van der Waals surface area (Å²) in [5.41, 5.74) is 0.229. The fourth-order valence-electron chi connectivity index (χ4n) is 1.95. The smallest absolute Gasteiger partial charge is 0.306 e. The van der Waals surface area contributed by atoms with Crippen molar-refractivity contribution in [2.24, 2.45) is 17.3 Å². The molecule has 0 rings (SSSR count). The van der Waals surface area contributed by atoms with Gasteiger partial charge < -0.3 is 9.47 Å². The first-order chi connectivity index (χ1) is 9.10. The molecule has 4 heteroatoms. The predicted molar refractivity (Wildman–Crippen MR) is 79.2 cm³/mol. The van der Waals surface area contributed by atoms with Crippen molar-refractivity contribution in [1.29, 1.82) is 0 Å². The molecule has 0 bridgehead atoms. The van der Waals surface area contributed by atoms with E-state index in [-0.39, 0.29) is 30.2 Å². The zero-order valence-electron chi connectivity index (χ0n) is 13.8. The van der Waals surface area contributed by atoms with E-state index in [4.69, 9.17) is 9.47 Å². The van der Waals surface area contributed by atoms with Crippen molar-refractivity contribution in [2.75, 3.05) is 13.2 Å². The molecule has 0 saturated carbocycles. The van der Waals surface area contributed by atoms with Crippen LogP contribution in [0.1, 0.15) is 60.8 Å². The van der Waals surface area contributed by atoms with Crippen LogP contribution < -0.4 is 0 Å². The molecular formula is C16H30O4. The Morgan fingerprint density at radius 2 is 1.35 bits per heavy atom. The molecule has 0 fully saturated rings.